The van der Waals surface area contributed by atoms with Crippen LogP contribution in [0.3, 0.4) is 0 Å². The van der Waals surface area contributed by atoms with Gasteiger partial charge in [0.15, 0.2) is 0 Å². The lowest BCUT2D eigenvalue weighted by Gasteiger charge is -2.23. The van der Waals surface area contributed by atoms with Crippen molar-refractivity contribution in [1.29, 1.82) is 0 Å². The molecule has 0 radical (unpaired) electrons. The van der Waals surface area contributed by atoms with E-state index < -0.39 is 0 Å². The van der Waals surface area contributed by atoms with Crippen molar-refractivity contribution >= 4 is 17.7 Å². The SMILES string of the molecule is O=C(CC1CSC1)NCCc1n[nH]c(=O)[nH]1. The quantitative estimate of drug-likeness (QED) is 0.650. The van der Waals surface area contributed by atoms with E-state index in [1.54, 1.807) is 0 Å². The second-order valence-electron chi connectivity index (χ2n) is 3.83. The number of carbonyl (C=O) groups excluding carboxylic acids is 1. The predicted octanol–water partition coefficient (Wildman–Crippen LogP) is -0.490. The molecule has 88 valence electrons. The van der Waals surface area contributed by atoms with Gasteiger partial charge in [0.05, 0.1) is 0 Å². The van der Waals surface area contributed by atoms with Gasteiger partial charge >= 0.3 is 5.69 Å². The van der Waals surface area contributed by atoms with Gasteiger partial charge in [0.2, 0.25) is 5.91 Å². The van der Waals surface area contributed by atoms with Crippen LogP contribution in [-0.4, -0.2) is 39.1 Å². The molecule has 7 heteroatoms. The molecular weight excluding hydrogens is 228 g/mol. The Balaban J connectivity index is 1.63. The largest absolute Gasteiger partial charge is 0.356 e. The smallest absolute Gasteiger partial charge is 0.340 e. The van der Waals surface area contributed by atoms with E-state index >= 15 is 0 Å². The fourth-order valence-electron chi connectivity index (χ4n) is 1.48. The summed E-state index contributed by atoms with van der Waals surface area (Å²) < 4.78 is 0. The van der Waals surface area contributed by atoms with E-state index in [4.69, 9.17) is 0 Å². The molecule has 0 aromatic carbocycles. The normalized spacial score (nSPS) is 15.8. The lowest BCUT2D eigenvalue weighted by molar-refractivity contribution is -0.121. The monoisotopic (exact) mass is 242 g/mol. The number of thioether (sulfide) groups is 1. The summed E-state index contributed by atoms with van der Waals surface area (Å²) in [5.41, 5.74) is -0.312. The van der Waals surface area contributed by atoms with Crippen LogP contribution in [0.15, 0.2) is 4.79 Å². The Labute approximate surface area is 96.6 Å². The molecule has 0 atom stereocenters. The van der Waals surface area contributed by atoms with Gasteiger partial charge in [-0.15, -0.1) is 0 Å². The van der Waals surface area contributed by atoms with E-state index in [9.17, 15) is 9.59 Å². The molecule has 1 aliphatic heterocycles. The molecule has 3 N–H and O–H groups in total. The Morgan fingerprint density at radius 3 is 2.94 bits per heavy atom. The van der Waals surface area contributed by atoms with Gasteiger partial charge in [-0.25, -0.2) is 9.89 Å². The Morgan fingerprint density at radius 1 is 1.56 bits per heavy atom. The van der Waals surface area contributed by atoms with Crippen molar-refractivity contribution in [3.63, 3.8) is 0 Å². The van der Waals surface area contributed by atoms with E-state index in [1.807, 2.05) is 11.8 Å². The molecule has 1 aliphatic rings. The lowest BCUT2D eigenvalue weighted by Crippen LogP contribution is -2.31. The Hall–Kier alpha value is -1.24. The summed E-state index contributed by atoms with van der Waals surface area (Å²) in [6.45, 7) is 0.513. The topological polar surface area (TPSA) is 90.6 Å². The molecule has 0 unspecified atom stereocenters. The van der Waals surface area contributed by atoms with Crippen LogP contribution in [-0.2, 0) is 11.2 Å². The zero-order chi connectivity index (χ0) is 11.4. The number of nitrogens with zero attached hydrogens (tertiary/aromatic N) is 1. The second-order valence-corrected chi connectivity index (χ2v) is 4.91. The molecule has 2 heterocycles. The van der Waals surface area contributed by atoms with Crippen LogP contribution in [0.25, 0.3) is 0 Å². The molecule has 0 spiro atoms. The van der Waals surface area contributed by atoms with Crippen LogP contribution in [0, 0.1) is 5.92 Å². The summed E-state index contributed by atoms with van der Waals surface area (Å²) in [5.74, 6) is 3.41. The molecule has 0 saturated carbocycles. The number of aromatic nitrogens is 3. The third kappa shape index (κ3) is 3.13. The van der Waals surface area contributed by atoms with E-state index in [2.05, 4.69) is 20.5 Å². The minimum absolute atomic E-state index is 0.0863. The average molecular weight is 242 g/mol. The van der Waals surface area contributed by atoms with Crippen molar-refractivity contribution in [2.24, 2.45) is 5.92 Å². The van der Waals surface area contributed by atoms with Crippen LogP contribution in [0.5, 0.6) is 0 Å². The van der Waals surface area contributed by atoms with Crippen molar-refractivity contribution in [3.8, 4) is 0 Å². The fourth-order valence-corrected chi connectivity index (χ4v) is 2.29. The number of hydrogen-bond acceptors (Lipinski definition) is 4. The number of amides is 1. The number of aromatic amines is 2. The zero-order valence-corrected chi connectivity index (χ0v) is 9.60. The van der Waals surface area contributed by atoms with Crippen LogP contribution in [0.1, 0.15) is 12.2 Å². The van der Waals surface area contributed by atoms with E-state index in [0.717, 1.165) is 11.5 Å². The first-order valence-electron chi connectivity index (χ1n) is 5.22. The molecule has 2 rings (SSSR count). The minimum atomic E-state index is -0.312. The molecule has 1 aromatic heterocycles. The molecule has 0 bridgehead atoms. The van der Waals surface area contributed by atoms with Crippen molar-refractivity contribution in [2.75, 3.05) is 18.1 Å². The third-order valence-corrected chi connectivity index (χ3v) is 3.83. The Bertz CT molecular complexity index is 410. The maximum atomic E-state index is 11.4. The fraction of sp³-hybridized carbons (Fsp3) is 0.667. The van der Waals surface area contributed by atoms with Gasteiger partial charge < -0.3 is 5.32 Å². The van der Waals surface area contributed by atoms with Crippen LogP contribution < -0.4 is 11.0 Å². The number of rotatable bonds is 5. The van der Waals surface area contributed by atoms with Gasteiger partial charge in [0, 0.05) is 19.4 Å². The maximum absolute atomic E-state index is 11.4. The van der Waals surface area contributed by atoms with E-state index in [1.165, 1.54) is 0 Å². The number of carbonyl (C=O) groups is 1. The number of H-pyrrole nitrogens is 2. The molecule has 0 aliphatic carbocycles. The third-order valence-electron chi connectivity index (χ3n) is 2.42. The zero-order valence-electron chi connectivity index (χ0n) is 8.78. The van der Waals surface area contributed by atoms with Gasteiger partial charge in [0.25, 0.3) is 0 Å². The molecular formula is C9H14N4O2S. The molecule has 1 amide bonds. The van der Waals surface area contributed by atoms with Crippen molar-refractivity contribution in [2.45, 2.75) is 12.8 Å². The highest BCUT2D eigenvalue weighted by Gasteiger charge is 2.20. The standard InChI is InChI=1S/C9H14N4O2S/c14-8(3-6-4-16-5-6)10-2-1-7-11-9(15)13-12-7/h6H,1-5H2,(H,10,14)(H2,11,12,13,15). The Morgan fingerprint density at radius 2 is 2.38 bits per heavy atom. The number of nitrogens with one attached hydrogen (secondary N) is 3. The van der Waals surface area contributed by atoms with E-state index in [0.29, 0.717) is 31.1 Å². The summed E-state index contributed by atoms with van der Waals surface area (Å²) in [6, 6.07) is 0. The molecule has 1 aromatic rings. The van der Waals surface area contributed by atoms with Gasteiger partial charge in [-0.3, -0.25) is 9.78 Å². The van der Waals surface area contributed by atoms with Crippen LogP contribution >= 0.6 is 11.8 Å². The van der Waals surface area contributed by atoms with Crippen LogP contribution in [0.4, 0.5) is 0 Å². The first-order chi connectivity index (χ1) is 7.74. The average Bonchev–Trinajstić information content (AvgIpc) is 2.58. The number of hydrogen-bond donors (Lipinski definition) is 3. The molecule has 6 nitrogen and oxygen atoms in total. The predicted molar refractivity (Wildman–Crippen MR) is 61.4 cm³/mol. The molecule has 16 heavy (non-hydrogen) atoms. The molecule has 1 fully saturated rings. The summed E-state index contributed by atoms with van der Waals surface area (Å²) in [5, 5.41) is 8.85. The van der Waals surface area contributed by atoms with Gasteiger partial charge in [-0.2, -0.15) is 16.9 Å². The van der Waals surface area contributed by atoms with Gasteiger partial charge in [-0.1, -0.05) is 0 Å². The van der Waals surface area contributed by atoms with Crippen molar-refractivity contribution < 1.29 is 4.79 Å². The van der Waals surface area contributed by atoms with Crippen molar-refractivity contribution in [3.05, 3.63) is 16.3 Å². The first-order valence-corrected chi connectivity index (χ1v) is 6.37. The van der Waals surface area contributed by atoms with E-state index in [-0.39, 0.29) is 11.6 Å². The highest BCUT2D eigenvalue weighted by Crippen LogP contribution is 2.26. The summed E-state index contributed by atoms with van der Waals surface area (Å²) >= 11 is 1.88. The Kier molecular flexibility index (Phi) is 3.66. The highest BCUT2D eigenvalue weighted by molar-refractivity contribution is 8.00. The van der Waals surface area contributed by atoms with Crippen LogP contribution in [0.2, 0.25) is 0 Å². The highest BCUT2D eigenvalue weighted by atomic mass is 32.2. The lowest BCUT2D eigenvalue weighted by atomic mass is 10.1. The summed E-state index contributed by atoms with van der Waals surface area (Å²) in [7, 11) is 0. The van der Waals surface area contributed by atoms with Gasteiger partial charge in [-0.05, 0) is 17.4 Å². The minimum Gasteiger partial charge on any atom is -0.356 e. The summed E-state index contributed by atoms with van der Waals surface area (Å²) in [6.07, 6.45) is 1.16. The first kappa shape index (κ1) is 11.3. The molecule has 1 saturated heterocycles. The van der Waals surface area contributed by atoms with Gasteiger partial charge in [0.1, 0.15) is 5.82 Å². The maximum Gasteiger partial charge on any atom is 0.340 e. The summed E-state index contributed by atoms with van der Waals surface area (Å²) in [4.78, 5) is 24.7. The second kappa shape index (κ2) is 5.20. The van der Waals surface area contributed by atoms with Crippen molar-refractivity contribution in [1.82, 2.24) is 20.5 Å².